The molecule has 2 amide bonds. The van der Waals surface area contributed by atoms with E-state index < -0.39 is 11.4 Å². The van der Waals surface area contributed by atoms with Gasteiger partial charge in [-0.15, -0.1) is 10.2 Å². The first-order valence-corrected chi connectivity index (χ1v) is 16.4. The van der Waals surface area contributed by atoms with Crippen LogP contribution in [0, 0.1) is 11.2 Å². The third-order valence-corrected chi connectivity index (χ3v) is 9.41. The summed E-state index contributed by atoms with van der Waals surface area (Å²) in [5, 5.41) is 8.13. The van der Waals surface area contributed by atoms with Crippen molar-refractivity contribution in [2.75, 3.05) is 31.2 Å². The molecule has 2 saturated heterocycles. The van der Waals surface area contributed by atoms with Gasteiger partial charge >= 0.3 is 6.09 Å². The lowest BCUT2D eigenvalue weighted by Crippen LogP contribution is -2.65. The summed E-state index contributed by atoms with van der Waals surface area (Å²) in [5.74, 6) is 0.788. The minimum Gasteiger partial charge on any atom is -0.490 e. The number of carbonyl (C=O) groups excluding carboxylic acids is 2. The molecule has 13 heteroatoms. The van der Waals surface area contributed by atoms with E-state index in [0.717, 1.165) is 42.8 Å². The van der Waals surface area contributed by atoms with E-state index in [9.17, 15) is 14.0 Å². The molecule has 1 aliphatic carbocycles. The van der Waals surface area contributed by atoms with Crippen LogP contribution in [-0.4, -0.2) is 87.1 Å². The molecule has 254 valence electrons. The fraction of sp³-hybridized carbons (Fsp3) is 0.514. The molecule has 1 spiro atoms. The first-order valence-electron chi connectivity index (χ1n) is 16.4. The third-order valence-electron chi connectivity index (χ3n) is 9.41. The number of fused-ring (bicyclic) bond motifs is 1. The quantitative estimate of drug-likeness (QED) is 0.342. The molecule has 3 aliphatic heterocycles. The van der Waals surface area contributed by atoms with Crippen molar-refractivity contribution < 1.29 is 32.9 Å². The molecule has 0 bridgehead atoms. The molecule has 0 N–H and O–H groups in total. The van der Waals surface area contributed by atoms with E-state index in [1.165, 1.54) is 24.5 Å². The van der Waals surface area contributed by atoms with Crippen LogP contribution in [0.15, 0.2) is 42.7 Å². The summed E-state index contributed by atoms with van der Waals surface area (Å²) in [5.41, 5.74) is 1.73. The van der Waals surface area contributed by atoms with Crippen molar-refractivity contribution >= 4 is 17.8 Å². The normalized spacial score (nSPS) is 21.8. The Hall–Kier alpha value is -4.52. The molecule has 3 aromatic rings. The van der Waals surface area contributed by atoms with Crippen molar-refractivity contribution in [2.45, 2.75) is 84.3 Å². The largest absolute Gasteiger partial charge is 0.490 e. The summed E-state index contributed by atoms with van der Waals surface area (Å²) >= 11 is 0. The SMILES string of the molecule is C[C@@H]1COC[C@@H](C)N1C(=O)c1cc(F)ccc1Oc1nncnc1N1CC2(CC(Oc3cccc4c3CN(C(=O)OC(C)(C)C)C4)C2)C1. The summed E-state index contributed by atoms with van der Waals surface area (Å²) in [6.07, 6.45) is 2.86. The van der Waals surface area contributed by atoms with Gasteiger partial charge in [-0.3, -0.25) is 9.69 Å². The van der Waals surface area contributed by atoms with Crippen LogP contribution in [0.5, 0.6) is 17.4 Å². The predicted octanol–water partition coefficient (Wildman–Crippen LogP) is 5.35. The number of nitrogens with zero attached hydrogens (tertiary/aromatic N) is 6. The summed E-state index contributed by atoms with van der Waals surface area (Å²) < 4.78 is 38.2. The van der Waals surface area contributed by atoms with E-state index in [-0.39, 0.29) is 52.8 Å². The van der Waals surface area contributed by atoms with Crippen LogP contribution in [-0.2, 0) is 22.6 Å². The van der Waals surface area contributed by atoms with Gasteiger partial charge in [0.05, 0.1) is 37.4 Å². The Morgan fingerprint density at radius 1 is 1.02 bits per heavy atom. The molecule has 0 unspecified atom stereocenters. The first kappa shape index (κ1) is 32.0. The lowest BCUT2D eigenvalue weighted by atomic mass is 9.61. The van der Waals surface area contributed by atoms with E-state index >= 15 is 0 Å². The van der Waals surface area contributed by atoms with Crippen molar-refractivity contribution in [1.29, 1.82) is 0 Å². The molecule has 1 saturated carbocycles. The molecule has 4 aliphatic rings. The minimum absolute atomic E-state index is 0.0613. The van der Waals surface area contributed by atoms with Crippen LogP contribution in [0.3, 0.4) is 0 Å². The van der Waals surface area contributed by atoms with Crippen LogP contribution >= 0.6 is 0 Å². The molecule has 48 heavy (non-hydrogen) atoms. The second-order valence-corrected chi connectivity index (χ2v) is 14.5. The summed E-state index contributed by atoms with van der Waals surface area (Å²) in [6, 6.07) is 9.52. The zero-order valence-corrected chi connectivity index (χ0v) is 27.9. The number of hydrogen-bond donors (Lipinski definition) is 0. The van der Waals surface area contributed by atoms with Gasteiger partial charge in [0.1, 0.15) is 35.3 Å². The number of aromatic nitrogens is 3. The van der Waals surface area contributed by atoms with Crippen molar-refractivity contribution in [3.8, 4) is 17.4 Å². The second-order valence-electron chi connectivity index (χ2n) is 14.5. The van der Waals surface area contributed by atoms with Gasteiger partial charge in [0.25, 0.3) is 11.8 Å². The molecule has 3 fully saturated rings. The maximum Gasteiger partial charge on any atom is 0.410 e. The fourth-order valence-corrected chi connectivity index (χ4v) is 7.25. The van der Waals surface area contributed by atoms with E-state index in [1.54, 1.807) is 9.80 Å². The number of halogens is 1. The Labute approximate surface area is 279 Å². The molecule has 2 aromatic carbocycles. The van der Waals surface area contributed by atoms with Gasteiger partial charge in [-0.25, -0.2) is 14.2 Å². The van der Waals surface area contributed by atoms with Crippen molar-refractivity contribution in [1.82, 2.24) is 25.0 Å². The highest BCUT2D eigenvalue weighted by molar-refractivity contribution is 5.97. The van der Waals surface area contributed by atoms with Crippen LogP contribution < -0.4 is 14.4 Å². The van der Waals surface area contributed by atoms with Crippen LogP contribution in [0.4, 0.5) is 15.0 Å². The molecule has 4 heterocycles. The minimum atomic E-state index is -0.555. The van der Waals surface area contributed by atoms with E-state index in [2.05, 4.69) is 20.1 Å². The van der Waals surface area contributed by atoms with Crippen LogP contribution in [0.25, 0.3) is 0 Å². The van der Waals surface area contributed by atoms with Crippen LogP contribution in [0.1, 0.15) is 68.9 Å². The fourth-order valence-electron chi connectivity index (χ4n) is 7.25. The topological polar surface area (TPSA) is 119 Å². The van der Waals surface area contributed by atoms with Gasteiger partial charge in [0, 0.05) is 30.6 Å². The number of benzene rings is 2. The van der Waals surface area contributed by atoms with Crippen LogP contribution in [0.2, 0.25) is 0 Å². The van der Waals surface area contributed by atoms with Gasteiger partial charge in [0.15, 0.2) is 5.82 Å². The Morgan fingerprint density at radius 2 is 1.77 bits per heavy atom. The van der Waals surface area contributed by atoms with Gasteiger partial charge < -0.3 is 28.7 Å². The highest BCUT2D eigenvalue weighted by Crippen LogP contribution is 2.52. The van der Waals surface area contributed by atoms with Gasteiger partial charge in [0.2, 0.25) is 0 Å². The summed E-state index contributed by atoms with van der Waals surface area (Å²) in [4.78, 5) is 36.3. The lowest BCUT2D eigenvalue weighted by molar-refractivity contribution is -0.0349. The maximum atomic E-state index is 14.4. The Kier molecular flexibility index (Phi) is 8.13. The van der Waals surface area contributed by atoms with Gasteiger partial charge in [-0.1, -0.05) is 12.1 Å². The van der Waals surface area contributed by atoms with E-state index in [0.29, 0.717) is 32.1 Å². The van der Waals surface area contributed by atoms with Crippen molar-refractivity contribution in [2.24, 2.45) is 5.41 Å². The number of anilines is 1. The number of morpholine rings is 1. The molecule has 12 nitrogen and oxygen atoms in total. The Morgan fingerprint density at radius 3 is 2.50 bits per heavy atom. The van der Waals surface area contributed by atoms with Gasteiger partial charge in [-0.2, -0.15) is 0 Å². The molecule has 7 rings (SSSR count). The van der Waals surface area contributed by atoms with E-state index in [4.69, 9.17) is 18.9 Å². The maximum absolute atomic E-state index is 14.4. The lowest BCUT2D eigenvalue weighted by Gasteiger charge is -2.58. The van der Waals surface area contributed by atoms with Gasteiger partial charge in [-0.05, 0) is 77.3 Å². The van der Waals surface area contributed by atoms with E-state index in [1.807, 2.05) is 52.8 Å². The number of rotatable bonds is 6. The summed E-state index contributed by atoms with van der Waals surface area (Å²) in [7, 11) is 0. The zero-order valence-electron chi connectivity index (χ0n) is 27.9. The monoisotopic (exact) mass is 660 g/mol. The average Bonchev–Trinajstić information content (AvgIpc) is 3.44. The highest BCUT2D eigenvalue weighted by Gasteiger charge is 2.54. The molecule has 0 radical (unpaired) electrons. The highest BCUT2D eigenvalue weighted by atomic mass is 19.1. The molecular weight excluding hydrogens is 619 g/mol. The Balaban J connectivity index is 0.990. The number of amides is 2. The smallest absolute Gasteiger partial charge is 0.410 e. The zero-order chi connectivity index (χ0) is 33.8. The molecule has 2 atom stereocenters. The predicted molar refractivity (Wildman–Crippen MR) is 172 cm³/mol. The van der Waals surface area contributed by atoms with Crippen molar-refractivity contribution in [3.05, 3.63) is 65.2 Å². The number of hydrogen-bond acceptors (Lipinski definition) is 10. The third kappa shape index (κ3) is 6.23. The first-order chi connectivity index (χ1) is 22.9. The average molecular weight is 661 g/mol. The second kappa shape index (κ2) is 12.2. The summed E-state index contributed by atoms with van der Waals surface area (Å²) in [6.45, 7) is 12.6. The Bertz CT molecular complexity index is 1710. The number of carbonyl (C=O) groups is 2. The molecular formula is C35H41FN6O6. The standard InChI is InChI=1S/C35H41FN6O6/c1-21-16-45-17-22(2)42(21)32(43)26-11-24(36)9-10-29(26)47-31-30(37-20-38-39-31)41-18-35(19-41)12-25(13-35)46-28-8-6-7-23-14-40(15-27(23)28)33(44)48-34(3,4)5/h6-11,20-22,25H,12-19H2,1-5H3/t21-,22-/m1/s1. The van der Waals surface area contributed by atoms with Crippen molar-refractivity contribution in [3.63, 3.8) is 0 Å². The number of ether oxygens (including phenoxy) is 4. The molecule has 1 aromatic heterocycles.